The van der Waals surface area contributed by atoms with Crippen LogP contribution in [0.1, 0.15) is 5.69 Å². The fourth-order valence-corrected chi connectivity index (χ4v) is 2.01. The molecule has 0 fully saturated rings. The number of fused-ring (bicyclic) bond motifs is 1. The predicted molar refractivity (Wildman–Crippen MR) is 80.7 cm³/mol. The van der Waals surface area contributed by atoms with Crippen LogP contribution in [0, 0.1) is 0 Å². The van der Waals surface area contributed by atoms with Crippen molar-refractivity contribution in [3.63, 3.8) is 0 Å². The van der Waals surface area contributed by atoms with Gasteiger partial charge in [-0.3, -0.25) is 5.10 Å². The van der Waals surface area contributed by atoms with Crippen LogP contribution in [0.4, 0.5) is 30.6 Å². The summed E-state index contributed by atoms with van der Waals surface area (Å²) in [4.78, 5) is 9.13. The molecule has 120 valence electrons. The zero-order chi connectivity index (χ0) is 16.6. The number of halogens is 3. The molecule has 0 aliphatic carbocycles. The van der Waals surface area contributed by atoms with Crippen molar-refractivity contribution in [2.24, 2.45) is 0 Å². The summed E-state index contributed by atoms with van der Waals surface area (Å²) in [5, 5.41) is 10.3. The van der Waals surface area contributed by atoms with Gasteiger partial charge in [0, 0.05) is 31.2 Å². The highest BCUT2D eigenvalue weighted by Gasteiger charge is 2.34. The lowest BCUT2D eigenvalue weighted by Crippen LogP contribution is -2.16. The first-order chi connectivity index (χ1) is 10.8. The molecule has 0 saturated carbocycles. The van der Waals surface area contributed by atoms with Crippen LogP contribution in [-0.2, 0) is 6.18 Å². The van der Waals surface area contributed by atoms with Crippen LogP contribution in [-0.4, -0.2) is 34.3 Å². The molecule has 0 unspecified atom stereocenters. The molecule has 0 atom stereocenters. The van der Waals surface area contributed by atoms with Crippen LogP contribution >= 0.6 is 0 Å². The van der Waals surface area contributed by atoms with Crippen molar-refractivity contribution >= 4 is 28.4 Å². The number of nitrogens with one attached hydrogen (secondary N) is 2. The van der Waals surface area contributed by atoms with Gasteiger partial charge in [0.1, 0.15) is 5.82 Å². The zero-order valence-electron chi connectivity index (χ0n) is 12.3. The second-order valence-corrected chi connectivity index (χ2v) is 5.12. The molecular weight excluding hydrogens is 309 g/mol. The van der Waals surface area contributed by atoms with Gasteiger partial charge >= 0.3 is 6.18 Å². The molecule has 2 N–H and O–H groups in total. The maximum atomic E-state index is 13.0. The number of hydrogen-bond acceptors (Lipinski definition) is 5. The lowest BCUT2D eigenvalue weighted by Gasteiger charge is -2.16. The van der Waals surface area contributed by atoms with Gasteiger partial charge in [0.05, 0.1) is 11.7 Å². The quantitative estimate of drug-likeness (QED) is 0.775. The zero-order valence-corrected chi connectivity index (χ0v) is 12.3. The number of alkyl halides is 3. The van der Waals surface area contributed by atoms with Gasteiger partial charge in [0.25, 0.3) is 0 Å². The predicted octanol–water partition coefficient (Wildman–Crippen LogP) is 3.18. The number of anilines is 3. The summed E-state index contributed by atoms with van der Waals surface area (Å²) < 4.78 is 38.9. The Labute approximate surface area is 129 Å². The van der Waals surface area contributed by atoms with E-state index < -0.39 is 11.9 Å². The second-order valence-electron chi connectivity index (χ2n) is 5.12. The van der Waals surface area contributed by atoms with Gasteiger partial charge in [-0.1, -0.05) is 0 Å². The van der Waals surface area contributed by atoms with Gasteiger partial charge in [-0.2, -0.15) is 23.3 Å². The molecule has 2 aromatic heterocycles. The summed E-state index contributed by atoms with van der Waals surface area (Å²) in [6.07, 6.45) is -2.92. The Balaban J connectivity index is 1.99. The molecule has 2 heterocycles. The minimum Gasteiger partial charge on any atom is -0.363 e. The Morgan fingerprint density at radius 2 is 1.91 bits per heavy atom. The SMILES string of the molecule is CN(C)c1cc(C(F)(F)F)nc(Nc2ccc3[nH]ncc3c2)n1. The number of benzene rings is 1. The number of H-pyrrole nitrogens is 1. The lowest BCUT2D eigenvalue weighted by molar-refractivity contribution is -0.141. The molecular formula is C14H13F3N6. The highest BCUT2D eigenvalue weighted by atomic mass is 19.4. The average Bonchev–Trinajstić information content (AvgIpc) is 2.93. The summed E-state index contributed by atoms with van der Waals surface area (Å²) in [7, 11) is 3.23. The molecule has 0 bridgehead atoms. The van der Waals surface area contributed by atoms with Crippen LogP contribution in [0.5, 0.6) is 0 Å². The normalized spacial score (nSPS) is 11.7. The summed E-state index contributed by atoms with van der Waals surface area (Å²) in [6, 6.07) is 6.13. The Kier molecular flexibility index (Phi) is 3.55. The van der Waals surface area contributed by atoms with E-state index >= 15 is 0 Å². The van der Waals surface area contributed by atoms with E-state index in [0.717, 1.165) is 17.0 Å². The summed E-state index contributed by atoms with van der Waals surface area (Å²) in [5.41, 5.74) is 0.403. The van der Waals surface area contributed by atoms with Crippen LogP contribution in [0.3, 0.4) is 0 Å². The first-order valence-electron chi connectivity index (χ1n) is 6.67. The van der Waals surface area contributed by atoms with Gasteiger partial charge < -0.3 is 10.2 Å². The van der Waals surface area contributed by atoms with Crippen LogP contribution < -0.4 is 10.2 Å². The van der Waals surface area contributed by atoms with Crippen molar-refractivity contribution in [1.29, 1.82) is 0 Å². The van der Waals surface area contributed by atoms with Crippen molar-refractivity contribution in [3.8, 4) is 0 Å². The highest BCUT2D eigenvalue weighted by molar-refractivity contribution is 5.82. The van der Waals surface area contributed by atoms with Crippen LogP contribution in [0.25, 0.3) is 10.9 Å². The van der Waals surface area contributed by atoms with Crippen molar-refractivity contribution in [3.05, 3.63) is 36.2 Å². The van der Waals surface area contributed by atoms with E-state index in [0.29, 0.717) is 5.69 Å². The van der Waals surface area contributed by atoms with Gasteiger partial charge in [-0.15, -0.1) is 0 Å². The van der Waals surface area contributed by atoms with Crippen LogP contribution in [0.15, 0.2) is 30.5 Å². The summed E-state index contributed by atoms with van der Waals surface area (Å²) in [5.74, 6) is 0.0468. The number of nitrogens with zero attached hydrogens (tertiary/aromatic N) is 4. The molecule has 0 amide bonds. The Bertz CT molecular complexity index is 840. The Morgan fingerprint density at radius 3 is 2.61 bits per heavy atom. The molecule has 23 heavy (non-hydrogen) atoms. The van der Waals surface area contributed by atoms with Crippen LogP contribution in [0.2, 0.25) is 0 Å². The van der Waals surface area contributed by atoms with E-state index in [-0.39, 0.29) is 11.8 Å². The molecule has 6 nitrogen and oxygen atoms in total. The number of aromatic amines is 1. The maximum absolute atomic E-state index is 13.0. The molecule has 0 aliphatic rings. The smallest absolute Gasteiger partial charge is 0.363 e. The minimum atomic E-state index is -4.54. The molecule has 1 aromatic carbocycles. The maximum Gasteiger partial charge on any atom is 0.433 e. The van der Waals surface area contributed by atoms with Crippen molar-refractivity contribution in [2.75, 3.05) is 24.3 Å². The first kappa shape index (κ1) is 15.1. The van der Waals surface area contributed by atoms with Crippen molar-refractivity contribution in [1.82, 2.24) is 20.2 Å². The topological polar surface area (TPSA) is 69.7 Å². The van der Waals surface area contributed by atoms with E-state index in [9.17, 15) is 13.2 Å². The largest absolute Gasteiger partial charge is 0.433 e. The highest BCUT2D eigenvalue weighted by Crippen LogP contribution is 2.31. The second kappa shape index (κ2) is 5.41. The molecule has 0 aliphatic heterocycles. The minimum absolute atomic E-state index is 0.119. The summed E-state index contributed by atoms with van der Waals surface area (Å²) >= 11 is 0. The third-order valence-corrected chi connectivity index (χ3v) is 3.16. The number of hydrogen-bond donors (Lipinski definition) is 2. The molecule has 9 heteroatoms. The fraction of sp³-hybridized carbons (Fsp3) is 0.214. The molecule has 3 rings (SSSR count). The molecule has 0 saturated heterocycles. The first-order valence-corrected chi connectivity index (χ1v) is 6.67. The summed E-state index contributed by atoms with van der Waals surface area (Å²) in [6.45, 7) is 0. The number of aromatic nitrogens is 4. The third-order valence-electron chi connectivity index (χ3n) is 3.16. The lowest BCUT2D eigenvalue weighted by atomic mass is 10.2. The van der Waals surface area contributed by atoms with E-state index in [4.69, 9.17) is 0 Å². The van der Waals surface area contributed by atoms with E-state index in [1.54, 1.807) is 38.5 Å². The molecule has 3 aromatic rings. The van der Waals surface area contributed by atoms with E-state index in [1.807, 2.05) is 0 Å². The molecule has 0 spiro atoms. The van der Waals surface area contributed by atoms with E-state index in [2.05, 4.69) is 25.5 Å². The van der Waals surface area contributed by atoms with Gasteiger partial charge in [0.15, 0.2) is 5.69 Å². The van der Waals surface area contributed by atoms with Gasteiger partial charge in [0.2, 0.25) is 5.95 Å². The van der Waals surface area contributed by atoms with Gasteiger partial charge in [-0.05, 0) is 18.2 Å². The standard InChI is InChI=1S/C14H13F3N6/c1-23(2)12-6-11(14(15,16)17)20-13(21-12)19-9-3-4-10-8(5-9)7-18-22-10/h3-7H,1-2H3,(H,18,22)(H,19,20,21). The third kappa shape index (κ3) is 3.17. The van der Waals surface area contributed by atoms with Gasteiger partial charge in [-0.25, -0.2) is 4.98 Å². The van der Waals surface area contributed by atoms with Crippen molar-refractivity contribution in [2.45, 2.75) is 6.18 Å². The Morgan fingerprint density at radius 1 is 1.13 bits per heavy atom. The fourth-order valence-electron chi connectivity index (χ4n) is 2.01. The molecule has 0 radical (unpaired) electrons. The van der Waals surface area contributed by atoms with Crippen molar-refractivity contribution < 1.29 is 13.2 Å². The monoisotopic (exact) mass is 322 g/mol. The Hall–Kier alpha value is -2.84. The number of rotatable bonds is 3. The van der Waals surface area contributed by atoms with E-state index in [1.165, 1.54) is 4.90 Å². The average molecular weight is 322 g/mol.